The molecular formula is C18H25IN4OS. The third kappa shape index (κ3) is 7.43. The number of carbonyl (C=O) groups is 1. The number of halogens is 1. The van der Waals surface area contributed by atoms with Crippen LogP contribution in [0.1, 0.15) is 25.0 Å². The van der Waals surface area contributed by atoms with Crippen LogP contribution in [-0.4, -0.2) is 18.9 Å². The maximum atomic E-state index is 11.7. The first-order valence-electron chi connectivity index (χ1n) is 7.94. The third-order valence-corrected chi connectivity index (χ3v) is 4.20. The Bertz CT molecular complexity index is 669. The van der Waals surface area contributed by atoms with Crippen molar-refractivity contribution in [1.82, 2.24) is 10.6 Å². The molecule has 0 bridgehead atoms. The number of nitrogens with zero attached hydrogens (tertiary/aromatic N) is 1. The second-order valence-electron chi connectivity index (χ2n) is 5.75. The molecule has 0 unspecified atom stereocenters. The van der Waals surface area contributed by atoms with Crippen molar-refractivity contribution in [2.75, 3.05) is 12.4 Å². The average Bonchev–Trinajstić information content (AvgIpc) is 3.09. The SMILES string of the molecule is CN=C(NCc1ccc(NC(=O)C(C)C)cc1)NCc1ccsc1.I. The van der Waals surface area contributed by atoms with Gasteiger partial charge in [-0.25, -0.2) is 0 Å². The Morgan fingerprint density at radius 1 is 1.08 bits per heavy atom. The Labute approximate surface area is 170 Å². The molecule has 1 aromatic heterocycles. The maximum absolute atomic E-state index is 11.7. The minimum atomic E-state index is -0.0241. The molecule has 1 amide bonds. The van der Waals surface area contributed by atoms with Crippen molar-refractivity contribution in [2.24, 2.45) is 10.9 Å². The van der Waals surface area contributed by atoms with Gasteiger partial charge in [-0.05, 0) is 40.1 Å². The fourth-order valence-corrected chi connectivity index (χ4v) is 2.65. The summed E-state index contributed by atoms with van der Waals surface area (Å²) >= 11 is 1.69. The van der Waals surface area contributed by atoms with Crippen LogP contribution in [0, 0.1) is 5.92 Å². The van der Waals surface area contributed by atoms with Crippen molar-refractivity contribution in [1.29, 1.82) is 0 Å². The molecule has 136 valence electrons. The predicted molar refractivity (Wildman–Crippen MR) is 117 cm³/mol. The zero-order valence-corrected chi connectivity index (χ0v) is 17.9. The van der Waals surface area contributed by atoms with Gasteiger partial charge in [0.25, 0.3) is 0 Å². The second kappa shape index (κ2) is 11.1. The lowest BCUT2D eigenvalue weighted by molar-refractivity contribution is -0.118. The van der Waals surface area contributed by atoms with E-state index in [9.17, 15) is 4.79 Å². The number of hydrogen-bond acceptors (Lipinski definition) is 3. The van der Waals surface area contributed by atoms with Crippen LogP contribution < -0.4 is 16.0 Å². The van der Waals surface area contributed by atoms with E-state index in [-0.39, 0.29) is 35.8 Å². The van der Waals surface area contributed by atoms with Crippen LogP contribution in [0.3, 0.4) is 0 Å². The summed E-state index contributed by atoms with van der Waals surface area (Å²) in [6.07, 6.45) is 0. The molecular weight excluding hydrogens is 447 g/mol. The van der Waals surface area contributed by atoms with Crippen LogP contribution >= 0.6 is 35.3 Å². The Kier molecular flexibility index (Phi) is 9.51. The zero-order valence-electron chi connectivity index (χ0n) is 14.7. The number of thiophene rings is 1. The molecule has 0 radical (unpaired) electrons. The van der Waals surface area contributed by atoms with Gasteiger partial charge in [0.15, 0.2) is 5.96 Å². The average molecular weight is 472 g/mol. The first-order chi connectivity index (χ1) is 11.6. The van der Waals surface area contributed by atoms with Gasteiger partial charge in [0.05, 0.1) is 0 Å². The highest BCUT2D eigenvalue weighted by molar-refractivity contribution is 14.0. The van der Waals surface area contributed by atoms with Crippen LogP contribution in [0.2, 0.25) is 0 Å². The molecule has 0 aliphatic carbocycles. The molecule has 2 aromatic rings. The molecule has 2 rings (SSSR count). The number of guanidine groups is 1. The smallest absolute Gasteiger partial charge is 0.226 e. The molecule has 0 atom stereocenters. The number of hydrogen-bond donors (Lipinski definition) is 3. The summed E-state index contributed by atoms with van der Waals surface area (Å²) < 4.78 is 0. The van der Waals surface area contributed by atoms with Crippen LogP contribution in [0.25, 0.3) is 0 Å². The third-order valence-electron chi connectivity index (χ3n) is 3.47. The minimum Gasteiger partial charge on any atom is -0.352 e. The van der Waals surface area contributed by atoms with Gasteiger partial charge in [0, 0.05) is 31.7 Å². The van der Waals surface area contributed by atoms with E-state index in [0.29, 0.717) is 6.54 Å². The monoisotopic (exact) mass is 472 g/mol. The summed E-state index contributed by atoms with van der Waals surface area (Å²) in [6, 6.07) is 9.91. The van der Waals surface area contributed by atoms with Gasteiger partial charge in [-0.3, -0.25) is 9.79 Å². The van der Waals surface area contributed by atoms with Gasteiger partial charge in [-0.1, -0.05) is 26.0 Å². The Morgan fingerprint density at radius 3 is 2.24 bits per heavy atom. The Morgan fingerprint density at radius 2 is 1.72 bits per heavy atom. The molecule has 0 aliphatic heterocycles. The van der Waals surface area contributed by atoms with E-state index < -0.39 is 0 Å². The maximum Gasteiger partial charge on any atom is 0.226 e. The molecule has 0 aliphatic rings. The number of rotatable bonds is 6. The van der Waals surface area contributed by atoms with E-state index >= 15 is 0 Å². The minimum absolute atomic E-state index is 0. The summed E-state index contributed by atoms with van der Waals surface area (Å²) in [5.41, 5.74) is 3.18. The summed E-state index contributed by atoms with van der Waals surface area (Å²) in [5, 5.41) is 13.6. The van der Waals surface area contributed by atoms with Crippen molar-refractivity contribution in [3.8, 4) is 0 Å². The molecule has 7 heteroatoms. The lowest BCUT2D eigenvalue weighted by atomic mass is 10.1. The molecule has 25 heavy (non-hydrogen) atoms. The van der Waals surface area contributed by atoms with Crippen molar-refractivity contribution < 1.29 is 4.79 Å². The molecule has 0 saturated heterocycles. The number of carbonyl (C=O) groups excluding carboxylic acids is 1. The summed E-state index contributed by atoms with van der Waals surface area (Å²) in [7, 11) is 1.76. The second-order valence-corrected chi connectivity index (χ2v) is 6.53. The van der Waals surface area contributed by atoms with Crippen molar-refractivity contribution in [2.45, 2.75) is 26.9 Å². The van der Waals surface area contributed by atoms with E-state index in [1.165, 1.54) is 5.56 Å². The quantitative estimate of drug-likeness (QED) is 0.340. The van der Waals surface area contributed by atoms with Gasteiger partial charge in [0.2, 0.25) is 5.91 Å². The normalized spacial score (nSPS) is 11.0. The van der Waals surface area contributed by atoms with E-state index in [0.717, 1.165) is 23.8 Å². The molecule has 0 fully saturated rings. The van der Waals surface area contributed by atoms with Gasteiger partial charge >= 0.3 is 0 Å². The van der Waals surface area contributed by atoms with Crippen molar-refractivity contribution >= 4 is 52.9 Å². The lowest BCUT2D eigenvalue weighted by Crippen LogP contribution is -2.36. The molecule has 0 saturated carbocycles. The summed E-state index contributed by atoms with van der Waals surface area (Å²) in [5.74, 6) is 0.765. The largest absolute Gasteiger partial charge is 0.352 e. The highest BCUT2D eigenvalue weighted by atomic mass is 127. The number of nitrogens with one attached hydrogen (secondary N) is 3. The van der Waals surface area contributed by atoms with E-state index in [1.54, 1.807) is 18.4 Å². The topological polar surface area (TPSA) is 65.5 Å². The number of anilines is 1. The number of amides is 1. The molecule has 5 nitrogen and oxygen atoms in total. The van der Waals surface area contributed by atoms with Crippen LogP contribution in [0.5, 0.6) is 0 Å². The predicted octanol–water partition coefficient (Wildman–Crippen LogP) is 3.83. The highest BCUT2D eigenvalue weighted by Crippen LogP contribution is 2.11. The first kappa shape index (κ1) is 21.4. The van der Waals surface area contributed by atoms with E-state index in [4.69, 9.17) is 0 Å². The summed E-state index contributed by atoms with van der Waals surface area (Å²) in [6.45, 7) is 5.18. The fourth-order valence-electron chi connectivity index (χ4n) is 1.98. The van der Waals surface area contributed by atoms with Gasteiger partial charge in [0.1, 0.15) is 0 Å². The van der Waals surface area contributed by atoms with Crippen molar-refractivity contribution in [3.63, 3.8) is 0 Å². The Balaban J connectivity index is 0.00000312. The highest BCUT2D eigenvalue weighted by Gasteiger charge is 2.06. The number of aliphatic imine (C=N–C) groups is 1. The van der Waals surface area contributed by atoms with Gasteiger partial charge in [-0.15, -0.1) is 24.0 Å². The van der Waals surface area contributed by atoms with Crippen molar-refractivity contribution in [3.05, 3.63) is 52.2 Å². The summed E-state index contributed by atoms with van der Waals surface area (Å²) in [4.78, 5) is 15.9. The lowest BCUT2D eigenvalue weighted by Gasteiger charge is -2.12. The molecule has 3 N–H and O–H groups in total. The molecule has 0 spiro atoms. The molecule has 1 aromatic carbocycles. The zero-order chi connectivity index (χ0) is 17.4. The standard InChI is InChI=1S/C18H24N4OS.HI/c1-13(2)17(23)22-16-6-4-14(5-7-16)10-20-18(19-3)21-11-15-8-9-24-12-15;/h4-9,12-13H,10-11H2,1-3H3,(H,22,23)(H2,19,20,21);1H. The van der Waals surface area contributed by atoms with Crippen LogP contribution in [0.15, 0.2) is 46.1 Å². The van der Waals surface area contributed by atoms with E-state index in [2.05, 4.69) is 37.8 Å². The number of benzene rings is 1. The Hall–Kier alpha value is -1.61. The van der Waals surface area contributed by atoms with Crippen LogP contribution in [-0.2, 0) is 17.9 Å². The van der Waals surface area contributed by atoms with Gasteiger partial charge < -0.3 is 16.0 Å². The van der Waals surface area contributed by atoms with Crippen LogP contribution in [0.4, 0.5) is 5.69 Å². The first-order valence-corrected chi connectivity index (χ1v) is 8.88. The fraction of sp³-hybridized carbons (Fsp3) is 0.333. The van der Waals surface area contributed by atoms with E-state index in [1.807, 2.05) is 38.1 Å². The molecule has 1 heterocycles. The van der Waals surface area contributed by atoms with Gasteiger partial charge in [-0.2, -0.15) is 11.3 Å².